The van der Waals surface area contributed by atoms with Gasteiger partial charge in [0.05, 0.1) is 6.10 Å². The molecule has 2 aliphatic rings. The van der Waals surface area contributed by atoms with Crippen LogP contribution in [0.15, 0.2) is 4.99 Å². The number of hydrogen-bond donors (Lipinski definition) is 1. The number of nitrogens with two attached hydrogens (primary N) is 1. The number of thioether (sulfide) groups is 1. The summed E-state index contributed by atoms with van der Waals surface area (Å²) in [5.74, 6) is 3.01. The van der Waals surface area contributed by atoms with Gasteiger partial charge in [0.25, 0.3) is 0 Å². The third kappa shape index (κ3) is 5.58. The van der Waals surface area contributed by atoms with Gasteiger partial charge < -0.3 is 20.1 Å². The van der Waals surface area contributed by atoms with Crippen LogP contribution in [0.5, 0.6) is 0 Å². The van der Waals surface area contributed by atoms with Gasteiger partial charge in [-0.15, -0.1) is 0 Å². The fraction of sp³-hybridized carbons (Fsp3) is 0.923. The van der Waals surface area contributed by atoms with Gasteiger partial charge in [-0.2, -0.15) is 11.8 Å². The van der Waals surface area contributed by atoms with Crippen molar-refractivity contribution in [2.75, 3.05) is 51.0 Å². The summed E-state index contributed by atoms with van der Waals surface area (Å²) >= 11 is 1.98. The van der Waals surface area contributed by atoms with Gasteiger partial charge in [-0.05, 0) is 19.3 Å². The van der Waals surface area contributed by atoms with Crippen molar-refractivity contribution in [3.05, 3.63) is 0 Å². The predicted octanol–water partition coefficient (Wildman–Crippen LogP) is 0.936. The Morgan fingerprint density at radius 1 is 1.32 bits per heavy atom. The van der Waals surface area contributed by atoms with Gasteiger partial charge in [-0.25, -0.2) is 0 Å². The van der Waals surface area contributed by atoms with Gasteiger partial charge in [0, 0.05) is 51.0 Å². The van der Waals surface area contributed by atoms with Crippen LogP contribution in [-0.4, -0.2) is 67.9 Å². The van der Waals surface area contributed by atoms with Crippen molar-refractivity contribution < 1.29 is 9.47 Å². The lowest BCUT2D eigenvalue weighted by Crippen LogP contribution is -2.42. The Hall–Kier alpha value is -0.460. The van der Waals surface area contributed by atoms with E-state index in [9.17, 15) is 0 Å². The molecule has 0 amide bonds. The van der Waals surface area contributed by atoms with Gasteiger partial charge in [-0.3, -0.25) is 4.99 Å². The highest BCUT2D eigenvalue weighted by Gasteiger charge is 2.14. The molecule has 0 aromatic rings. The molecule has 0 spiro atoms. The molecule has 110 valence electrons. The second kappa shape index (κ2) is 8.66. The van der Waals surface area contributed by atoms with Crippen LogP contribution in [0.1, 0.15) is 19.3 Å². The molecule has 5 nitrogen and oxygen atoms in total. The lowest BCUT2D eigenvalue weighted by atomic mass is 10.1. The molecule has 19 heavy (non-hydrogen) atoms. The standard InChI is InChI=1S/C13H25N3O2S/c14-13(16-5-10-19-11-6-16)15-4-1-7-18-12-2-8-17-9-3-12/h12H,1-11H2,(H2,14,15). The first kappa shape index (κ1) is 14.9. The van der Waals surface area contributed by atoms with Crippen LogP contribution in [-0.2, 0) is 9.47 Å². The Morgan fingerprint density at radius 2 is 2.05 bits per heavy atom. The van der Waals surface area contributed by atoms with E-state index in [-0.39, 0.29) is 0 Å². The van der Waals surface area contributed by atoms with E-state index in [0.29, 0.717) is 12.1 Å². The summed E-state index contributed by atoms with van der Waals surface area (Å²) in [6.45, 7) is 5.26. The summed E-state index contributed by atoms with van der Waals surface area (Å²) in [6.07, 6.45) is 3.38. The van der Waals surface area contributed by atoms with E-state index in [2.05, 4.69) is 9.89 Å². The number of rotatable bonds is 5. The highest BCUT2D eigenvalue weighted by atomic mass is 32.2. The van der Waals surface area contributed by atoms with Crippen molar-refractivity contribution in [1.82, 2.24) is 4.90 Å². The Kier molecular flexibility index (Phi) is 6.81. The third-order valence-electron chi connectivity index (χ3n) is 3.43. The van der Waals surface area contributed by atoms with Gasteiger partial charge in [0.15, 0.2) is 5.96 Å². The molecule has 0 aromatic carbocycles. The molecule has 0 unspecified atom stereocenters. The SMILES string of the molecule is NC(=NCCCOC1CCOCC1)N1CCSCC1. The molecular formula is C13H25N3O2S. The molecule has 2 N–H and O–H groups in total. The zero-order chi connectivity index (χ0) is 13.3. The van der Waals surface area contributed by atoms with E-state index in [1.165, 1.54) is 0 Å². The van der Waals surface area contributed by atoms with Gasteiger partial charge >= 0.3 is 0 Å². The predicted molar refractivity (Wildman–Crippen MR) is 79.8 cm³/mol. The number of guanidine groups is 1. The van der Waals surface area contributed by atoms with Crippen LogP contribution in [0.25, 0.3) is 0 Å². The summed E-state index contributed by atoms with van der Waals surface area (Å²) in [5, 5.41) is 0. The van der Waals surface area contributed by atoms with Crippen LogP contribution in [0.2, 0.25) is 0 Å². The molecule has 0 saturated carbocycles. The molecule has 2 fully saturated rings. The first-order valence-electron chi connectivity index (χ1n) is 7.18. The first-order valence-corrected chi connectivity index (χ1v) is 8.33. The highest BCUT2D eigenvalue weighted by Crippen LogP contribution is 2.11. The molecule has 2 aliphatic heterocycles. The lowest BCUT2D eigenvalue weighted by Gasteiger charge is -2.27. The molecule has 2 saturated heterocycles. The summed E-state index contributed by atoms with van der Waals surface area (Å²) in [7, 11) is 0. The number of hydrogen-bond acceptors (Lipinski definition) is 4. The maximum atomic E-state index is 5.98. The van der Waals surface area contributed by atoms with Gasteiger partial charge in [0.1, 0.15) is 0 Å². The minimum Gasteiger partial charge on any atom is -0.381 e. The monoisotopic (exact) mass is 287 g/mol. The second-order valence-corrected chi connectivity index (χ2v) is 6.10. The van der Waals surface area contributed by atoms with Crippen molar-refractivity contribution >= 4 is 17.7 Å². The number of nitrogens with zero attached hydrogens (tertiary/aromatic N) is 2. The molecule has 0 bridgehead atoms. The van der Waals surface area contributed by atoms with Crippen molar-refractivity contribution in [1.29, 1.82) is 0 Å². The Bertz CT molecular complexity index is 277. The molecule has 0 aromatic heterocycles. The number of ether oxygens (including phenoxy) is 2. The van der Waals surface area contributed by atoms with Gasteiger partial charge in [-0.1, -0.05) is 0 Å². The van der Waals surface area contributed by atoms with E-state index in [1.54, 1.807) is 0 Å². The van der Waals surface area contributed by atoms with Crippen LogP contribution in [0.3, 0.4) is 0 Å². The van der Waals surface area contributed by atoms with E-state index in [4.69, 9.17) is 15.2 Å². The third-order valence-corrected chi connectivity index (χ3v) is 4.38. The lowest BCUT2D eigenvalue weighted by molar-refractivity contribution is -0.0318. The normalized spacial score (nSPS) is 22.7. The average Bonchev–Trinajstić information content (AvgIpc) is 2.49. The Morgan fingerprint density at radius 3 is 2.79 bits per heavy atom. The molecule has 0 atom stereocenters. The zero-order valence-corrected chi connectivity index (χ0v) is 12.4. The van der Waals surface area contributed by atoms with E-state index >= 15 is 0 Å². The molecule has 2 rings (SSSR count). The largest absolute Gasteiger partial charge is 0.381 e. The van der Waals surface area contributed by atoms with Gasteiger partial charge in [0.2, 0.25) is 0 Å². The highest BCUT2D eigenvalue weighted by molar-refractivity contribution is 7.99. The van der Waals surface area contributed by atoms with Crippen molar-refractivity contribution in [2.45, 2.75) is 25.4 Å². The summed E-state index contributed by atoms with van der Waals surface area (Å²) in [4.78, 5) is 6.61. The number of aliphatic imine (C=N–C) groups is 1. The zero-order valence-electron chi connectivity index (χ0n) is 11.6. The van der Waals surface area contributed by atoms with Crippen LogP contribution in [0.4, 0.5) is 0 Å². The van der Waals surface area contributed by atoms with E-state index in [1.807, 2.05) is 11.8 Å². The second-order valence-electron chi connectivity index (χ2n) is 4.88. The minimum atomic E-state index is 0.384. The quantitative estimate of drug-likeness (QED) is 0.463. The van der Waals surface area contributed by atoms with Crippen LogP contribution < -0.4 is 5.73 Å². The van der Waals surface area contributed by atoms with Crippen molar-refractivity contribution in [3.63, 3.8) is 0 Å². The summed E-state index contributed by atoms with van der Waals surface area (Å²) in [5.41, 5.74) is 5.98. The summed E-state index contributed by atoms with van der Waals surface area (Å²) in [6, 6.07) is 0. The molecule has 0 aliphatic carbocycles. The smallest absolute Gasteiger partial charge is 0.191 e. The average molecular weight is 287 g/mol. The maximum Gasteiger partial charge on any atom is 0.191 e. The Balaban J connectivity index is 1.54. The topological polar surface area (TPSA) is 60.1 Å². The maximum absolute atomic E-state index is 5.98. The van der Waals surface area contributed by atoms with E-state index in [0.717, 1.165) is 70.2 Å². The molecule has 2 heterocycles. The Labute approximate surface area is 119 Å². The van der Waals surface area contributed by atoms with Crippen molar-refractivity contribution in [3.8, 4) is 0 Å². The van der Waals surface area contributed by atoms with E-state index < -0.39 is 0 Å². The molecule has 6 heteroatoms. The summed E-state index contributed by atoms with van der Waals surface area (Å²) < 4.78 is 11.1. The molecule has 0 radical (unpaired) electrons. The van der Waals surface area contributed by atoms with Crippen LogP contribution in [0, 0.1) is 0 Å². The first-order chi connectivity index (χ1) is 9.36. The molecular weight excluding hydrogens is 262 g/mol. The minimum absolute atomic E-state index is 0.384. The fourth-order valence-corrected chi connectivity index (χ4v) is 3.15. The fourth-order valence-electron chi connectivity index (χ4n) is 2.24. The van der Waals surface area contributed by atoms with Crippen LogP contribution >= 0.6 is 11.8 Å². The van der Waals surface area contributed by atoms with Crippen molar-refractivity contribution in [2.24, 2.45) is 10.7 Å².